The van der Waals surface area contributed by atoms with Crippen LogP contribution in [0.15, 0.2) is 0 Å². The molecule has 0 heterocycles. The van der Waals surface area contributed by atoms with Crippen LogP contribution in [0.5, 0.6) is 0 Å². The minimum absolute atomic E-state index is 0.234. The molecule has 0 atom stereocenters. The summed E-state index contributed by atoms with van der Waals surface area (Å²) in [5, 5.41) is 0. The van der Waals surface area contributed by atoms with E-state index < -0.39 is 13.0 Å². The molecule has 1 saturated carbocycles. The normalized spacial score (nSPS) is 17.1. The maximum atomic E-state index is 12.1. The van der Waals surface area contributed by atoms with Crippen LogP contribution in [0.25, 0.3) is 0 Å². The van der Waals surface area contributed by atoms with Gasteiger partial charge in [-0.15, -0.1) is 0 Å². The molecule has 0 N–H and O–H groups in total. The average Bonchev–Trinajstić information content (AvgIpc) is 2.67. The van der Waals surface area contributed by atoms with Gasteiger partial charge >= 0.3 is 6.03 Å². The van der Waals surface area contributed by atoms with Gasteiger partial charge in [0.15, 0.2) is 0 Å². The Kier molecular flexibility index (Phi) is 4.29. The summed E-state index contributed by atoms with van der Waals surface area (Å²) in [5.74, 6) is 0. The first kappa shape index (κ1) is 12.2. The lowest BCUT2D eigenvalue weighted by Crippen LogP contribution is -2.44. The van der Waals surface area contributed by atoms with Crippen molar-refractivity contribution in [2.45, 2.75) is 38.2 Å². The Hall–Kier alpha value is -0.870. The number of urea groups is 1. The number of carbonyl (C=O) groups excluding carboxylic acids is 1. The van der Waals surface area contributed by atoms with Gasteiger partial charge in [-0.05, 0) is 12.8 Å². The Morgan fingerprint density at radius 2 is 1.87 bits per heavy atom. The van der Waals surface area contributed by atoms with Crippen LogP contribution in [0, 0.1) is 0 Å². The van der Waals surface area contributed by atoms with Crippen LogP contribution in [-0.2, 0) is 0 Å². The average molecular weight is 220 g/mol. The number of alkyl halides is 2. The first-order valence-electron chi connectivity index (χ1n) is 5.28. The molecule has 0 spiro atoms. The van der Waals surface area contributed by atoms with Gasteiger partial charge in [0.05, 0.1) is 6.54 Å². The second-order valence-electron chi connectivity index (χ2n) is 4.10. The minimum Gasteiger partial charge on any atom is -0.325 e. The molecule has 0 unspecified atom stereocenters. The van der Waals surface area contributed by atoms with Gasteiger partial charge in [0.25, 0.3) is 6.43 Å². The van der Waals surface area contributed by atoms with Gasteiger partial charge in [0.2, 0.25) is 0 Å². The zero-order chi connectivity index (χ0) is 11.4. The number of rotatable bonds is 3. The Morgan fingerprint density at radius 1 is 1.33 bits per heavy atom. The zero-order valence-electron chi connectivity index (χ0n) is 9.25. The number of carbonyl (C=O) groups is 1. The molecule has 1 rings (SSSR count). The van der Waals surface area contributed by atoms with Crippen LogP contribution < -0.4 is 0 Å². The van der Waals surface area contributed by atoms with Gasteiger partial charge < -0.3 is 9.80 Å². The number of hydrogen-bond acceptors (Lipinski definition) is 1. The number of nitrogens with zero attached hydrogens (tertiary/aromatic N) is 2. The molecule has 0 aliphatic heterocycles. The van der Waals surface area contributed by atoms with Crippen molar-refractivity contribution in [3.05, 3.63) is 0 Å². The van der Waals surface area contributed by atoms with E-state index in [1.165, 1.54) is 7.05 Å². The third-order valence-corrected chi connectivity index (χ3v) is 2.91. The first-order chi connectivity index (χ1) is 7.02. The summed E-state index contributed by atoms with van der Waals surface area (Å²) in [5.41, 5.74) is 0. The summed E-state index contributed by atoms with van der Waals surface area (Å²) >= 11 is 0. The van der Waals surface area contributed by atoms with E-state index in [9.17, 15) is 13.6 Å². The quantitative estimate of drug-likeness (QED) is 0.715. The first-order valence-corrected chi connectivity index (χ1v) is 5.28. The van der Waals surface area contributed by atoms with Gasteiger partial charge in [0, 0.05) is 20.1 Å². The lowest BCUT2D eigenvalue weighted by Gasteiger charge is -2.29. The fraction of sp³-hybridized carbons (Fsp3) is 0.900. The van der Waals surface area contributed by atoms with E-state index in [4.69, 9.17) is 0 Å². The molecule has 0 aromatic rings. The lowest BCUT2D eigenvalue weighted by molar-refractivity contribution is 0.0931. The monoisotopic (exact) mass is 220 g/mol. The third-order valence-electron chi connectivity index (χ3n) is 2.91. The molecule has 0 bridgehead atoms. The lowest BCUT2D eigenvalue weighted by atomic mass is 10.2. The van der Waals surface area contributed by atoms with E-state index in [2.05, 4.69) is 0 Å². The van der Waals surface area contributed by atoms with E-state index in [0.717, 1.165) is 30.6 Å². The highest BCUT2D eigenvalue weighted by Crippen LogP contribution is 2.23. The van der Waals surface area contributed by atoms with Crippen molar-refractivity contribution < 1.29 is 13.6 Å². The van der Waals surface area contributed by atoms with Crippen molar-refractivity contribution >= 4 is 6.03 Å². The molecule has 88 valence electrons. The van der Waals surface area contributed by atoms with Crippen molar-refractivity contribution in [2.24, 2.45) is 0 Å². The van der Waals surface area contributed by atoms with Gasteiger partial charge in [-0.2, -0.15) is 0 Å². The fourth-order valence-electron chi connectivity index (χ4n) is 2.00. The minimum atomic E-state index is -2.46. The number of amides is 2. The summed E-state index contributed by atoms with van der Waals surface area (Å²) in [4.78, 5) is 14.4. The molecule has 0 radical (unpaired) electrons. The van der Waals surface area contributed by atoms with Gasteiger partial charge in [-0.25, -0.2) is 13.6 Å². The number of hydrogen-bond donors (Lipinski definition) is 0. The van der Waals surface area contributed by atoms with Crippen molar-refractivity contribution in [3.8, 4) is 0 Å². The van der Waals surface area contributed by atoms with Crippen LogP contribution in [0.4, 0.5) is 13.6 Å². The maximum absolute atomic E-state index is 12.1. The predicted octanol–water partition coefficient (Wildman–Crippen LogP) is 2.18. The second kappa shape index (κ2) is 5.28. The molecule has 0 saturated heterocycles. The Labute approximate surface area is 89.0 Å². The Morgan fingerprint density at radius 3 is 2.33 bits per heavy atom. The molecular formula is C10H18F2N2O. The van der Waals surface area contributed by atoms with Crippen LogP contribution in [-0.4, -0.2) is 48.9 Å². The molecule has 1 aliphatic rings. The Balaban J connectivity index is 2.43. The van der Waals surface area contributed by atoms with Crippen LogP contribution in [0.1, 0.15) is 25.7 Å². The highest BCUT2D eigenvalue weighted by molar-refractivity contribution is 5.74. The van der Waals surface area contributed by atoms with Crippen molar-refractivity contribution in [1.82, 2.24) is 9.80 Å². The maximum Gasteiger partial charge on any atom is 0.319 e. The number of halogens is 2. The van der Waals surface area contributed by atoms with Crippen LogP contribution in [0.2, 0.25) is 0 Å². The van der Waals surface area contributed by atoms with Crippen molar-refractivity contribution in [2.75, 3.05) is 20.6 Å². The fourth-order valence-corrected chi connectivity index (χ4v) is 2.00. The molecular weight excluding hydrogens is 202 g/mol. The second-order valence-corrected chi connectivity index (χ2v) is 4.10. The SMILES string of the molecule is CN(CC(F)F)C(=O)N(C)C1CCCC1. The molecule has 2 amide bonds. The van der Waals surface area contributed by atoms with E-state index in [1.54, 1.807) is 11.9 Å². The van der Waals surface area contributed by atoms with Gasteiger partial charge in [-0.1, -0.05) is 12.8 Å². The van der Waals surface area contributed by atoms with E-state index >= 15 is 0 Å². The standard InChI is InChI=1S/C10H18F2N2O/c1-13(7-9(11)12)10(15)14(2)8-5-3-4-6-8/h8-9H,3-7H2,1-2H3. The molecule has 3 nitrogen and oxygen atoms in total. The zero-order valence-corrected chi connectivity index (χ0v) is 9.25. The van der Waals surface area contributed by atoms with Gasteiger partial charge in [-0.3, -0.25) is 0 Å². The summed E-state index contributed by atoms with van der Waals surface area (Å²) in [7, 11) is 3.11. The van der Waals surface area contributed by atoms with E-state index in [-0.39, 0.29) is 12.1 Å². The molecule has 15 heavy (non-hydrogen) atoms. The predicted molar refractivity (Wildman–Crippen MR) is 54.0 cm³/mol. The largest absolute Gasteiger partial charge is 0.325 e. The van der Waals surface area contributed by atoms with Crippen LogP contribution in [0.3, 0.4) is 0 Å². The van der Waals surface area contributed by atoms with Crippen molar-refractivity contribution in [3.63, 3.8) is 0 Å². The van der Waals surface area contributed by atoms with E-state index in [1.807, 2.05) is 0 Å². The summed E-state index contributed by atoms with van der Waals surface area (Å²) in [6.07, 6.45) is 1.77. The topological polar surface area (TPSA) is 23.6 Å². The highest BCUT2D eigenvalue weighted by Gasteiger charge is 2.26. The summed E-state index contributed by atoms with van der Waals surface area (Å²) in [6, 6.07) is -0.0696. The Bertz CT molecular complexity index is 217. The van der Waals surface area contributed by atoms with Crippen LogP contribution >= 0.6 is 0 Å². The summed E-state index contributed by atoms with van der Waals surface area (Å²) in [6.45, 7) is -0.490. The molecule has 0 aromatic carbocycles. The van der Waals surface area contributed by atoms with E-state index in [0.29, 0.717) is 0 Å². The van der Waals surface area contributed by atoms with Gasteiger partial charge in [0.1, 0.15) is 0 Å². The molecule has 1 fully saturated rings. The molecule has 1 aliphatic carbocycles. The smallest absolute Gasteiger partial charge is 0.319 e. The molecule has 5 heteroatoms. The van der Waals surface area contributed by atoms with Crippen molar-refractivity contribution in [1.29, 1.82) is 0 Å². The summed E-state index contributed by atoms with van der Waals surface area (Å²) < 4.78 is 24.1. The third kappa shape index (κ3) is 3.32. The highest BCUT2D eigenvalue weighted by atomic mass is 19.3. The molecule has 0 aromatic heterocycles.